The number of hydroxylamine groups is 1. The number of rotatable bonds is 8. The number of halogens is 1. The molecule has 0 aliphatic carbocycles. The van der Waals surface area contributed by atoms with E-state index in [1.54, 1.807) is 42.9 Å². The predicted molar refractivity (Wildman–Crippen MR) is 106 cm³/mol. The summed E-state index contributed by atoms with van der Waals surface area (Å²) >= 11 is 0. The first-order valence-electron chi connectivity index (χ1n) is 8.77. The second-order valence-corrected chi connectivity index (χ2v) is 6.37. The van der Waals surface area contributed by atoms with Gasteiger partial charge in [0.15, 0.2) is 0 Å². The van der Waals surface area contributed by atoms with Crippen molar-refractivity contribution in [1.29, 1.82) is 0 Å². The van der Waals surface area contributed by atoms with E-state index in [4.69, 9.17) is 14.7 Å². The van der Waals surface area contributed by atoms with Gasteiger partial charge in [-0.2, -0.15) is 0 Å². The molecule has 0 aliphatic rings. The maximum Gasteiger partial charge on any atom is 0.267 e. The van der Waals surface area contributed by atoms with E-state index in [0.717, 1.165) is 16.7 Å². The van der Waals surface area contributed by atoms with Gasteiger partial charge in [0.25, 0.3) is 5.91 Å². The molecule has 148 valence electrons. The van der Waals surface area contributed by atoms with Crippen molar-refractivity contribution in [1.82, 2.24) is 5.48 Å². The lowest BCUT2D eigenvalue weighted by atomic mass is 10.0. The number of methoxy groups -OCH3 is 1. The average molecular weight is 385 g/mol. The summed E-state index contributed by atoms with van der Waals surface area (Å²) in [5, 5.41) is 8.70. The molecule has 1 amide bonds. The van der Waals surface area contributed by atoms with E-state index >= 15 is 0 Å². The van der Waals surface area contributed by atoms with Crippen LogP contribution in [0.5, 0.6) is 11.5 Å². The number of benzene rings is 2. The van der Waals surface area contributed by atoms with Crippen molar-refractivity contribution in [3.8, 4) is 11.5 Å². The molecule has 0 atom stereocenters. The van der Waals surface area contributed by atoms with E-state index in [0.29, 0.717) is 23.5 Å². The Balaban J connectivity index is 2.44. The summed E-state index contributed by atoms with van der Waals surface area (Å²) in [4.78, 5) is 11.4. The fraction of sp³-hybridized carbons (Fsp3) is 0.227. The second kappa shape index (κ2) is 10.3. The number of carbonyl (C=O) groups excluding carboxylic acids is 1. The number of carbonyl (C=O) groups is 1. The highest BCUT2D eigenvalue weighted by Crippen LogP contribution is 2.35. The molecule has 2 N–H and O–H groups in total. The molecule has 0 aromatic heterocycles. The van der Waals surface area contributed by atoms with E-state index < -0.39 is 5.91 Å². The zero-order chi connectivity index (χ0) is 20.5. The first-order chi connectivity index (χ1) is 13.4. The van der Waals surface area contributed by atoms with Crippen LogP contribution in [0.4, 0.5) is 4.39 Å². The Morgan fingerprint density at radius 2 is 1.89 bits per heavy atom. The van der Waals surface area contributed by atoms with Crippen molar-refractivity contribution < 1.29 is 23.9 Å². The van der Waals surface area contributed by atoms with Gasteiger partial charge in [0.05, 0.1) is 7.11 Å². The van der Waals surface area contributed by atoms with Gasteiger partial charge in [-0.25, -0.2) is 9.87 Å². The SMILES string of the molecule is COc1ccc(C=CC(=O)NO)c(OCc2ccc(F)cc2)c1CC=C(C)C. The lowest BCUT2D eigenvalue weighted by Crippen LogP contribution is -2.14. The lowest BCUT2D eigenvalue weighted by molar-refractivity contribution is -0.124. The molecular weight excluding hydrogens is 361 g/mol. The molecule has 0 heterocycles. The normalized spacial score (nSPS) is 10.6. The van der Waals surface area contributed by atoms with Gasteiger partial charge in [0, 0.05) is 17.2 Å². The van der Waals surface area contributed by atoms with E-state index in [9.17, 15) is 9.18 Å². The van der Waals surface area contributed by atoms with Crippen LogP contribution < -0.4 is 15.0 Å². The van der Waals surface area contributed by atoms with Crippen LogP contribution in [0.15, 0.2) is 54.1 Å². The molecule has 0 aliphatic heterocycles. The molecule has 0 radical (unpaired) electrons. The van der Waals surface area contributed by atoms with Gasteiger partial charge >= 0.3 is 0 Å². The first-order valence-corrected chi connectivity index (χ1v) is 8.77. The van der Waals surface area contributed by atoms with Gasteiger partial charge in [-0.15, -0.1) is 0 Å². The smallest absolute Gasteiger partial charge is 0.267 e. The minimum absolute atomic E-state index is 0.225. The zero-order valence-electron chi connectivity index (χ0n) is 16.2. The van der Waals surface area contributed by atoms with Crippen molar-refractivity contribution in [2.24, 2.45) is 0 Å². The topological polar surface area (TPSA) is 67.8 Å². The van der Waals surface area contributed by atoms with Crippen LogP contribution >= 0.6 is 0 Å². The molecule has 0 fully saturated rings. The lowest BCUT2D eigenvalue weighted by Gasteiger charge is -2.17. The number of ether oxygens (including phenoxy) is 2. The molecule has 2 rings (SSSR count). The maximum absolute atomic E-state index is 13.1. The maximum atomic E-state index is 13.1. The molecule has 0 bridgehead atoms. The molecule has 0 unspecified atom stereocenters. The monoisotopic (exact) mass is 385 g/mol. The van der Waals surface area contributed by atoms with E-state index in [-0.39, 0.29) is 12.4 Å². The largest absolute Gasteiger partial charge is 0.496 e. The van der Waals surface area contributed by atoms with Crippen LogP contribution in [0, 0.1) is 5.82 Å². The Labute approximate surface area is 164 Å². The van der Waals surface area contributed by atoms with Crippen LogP contribution in [0.25, 0.3) is 6.08 Å². The van der Waals surface area contributed by atoms with Gasteiger partial charge in [-0.05, 0) is 56.2 Å². The molecular formula is C22H24FNO4. The van der Waals surface area contributed by atoms with Crippen LogP contribution in [0.3, 0.4) is 0 Å². The number of hydrogen-bond acceptors (Lipinski definition) is 4. The van der Waals surface area contributed by atoms with Crippen molar-refractivity contribution >= 4 is 12.0 Å². The van der Waals surface area contributed by atoms with E-state index in [2.05, 4.69) is 6.08 Å². The minimum Gasteiger partial charge on any atom is -0.496 e. The van der Waals surface area contributed by atoms with Crippen LogP contribution in [-0.4, -0.2) is 18.2 Å². The van der Waals surface area contributed by atoms with Gasteiger partial charge in [-0.1, -0.05) is 23.8 Å². The Morgan fingerprint density at radius 3 is 2.50 bits per heavy atom. The molecule has 5 nitrogen and oxygen atoms in total. The van der Waals surface area contributed by atoms with Crippen LogP contribution in [-0.2, 0) is 17.8 Å². The van der Waals surface area contributed by atoms with Crippen molar-refractivity contribution in [2.75, 3.05) is 7.11 Å². The minimum atomic E-state index is -0.647. The summed E-state index contributed by atoms with van der Waals surface area (Å²) < 4.78 is 24.7. The zero-order valence-corrected chi connectivity index (χ0v) is 16.2. The summed E-state index contributed by atoms with van der Waals surface area (Å²) in [6.45, 7) is 4.23. The van der Waals surface area contributed by atoms with Gasteiger partial charge in [-0.3, -0.25) is 10.0 Å². The number of hydrogen-bond donors (Lipinski definition) is 2. The predicted octanol–water partition coefficient (Wildman–Crippen LogP) is 4.44. The Hall–Kier alpha value is -3.12. The Bertz CT molecular complexity index is 869. The van der Waals surface area contributed by atoms with Crippen molar-refractivity contribution in [2.45, 2.75) is 26.9 Å². The number of nitrogens with one attached hydrogen (secondary N) is 1. The summed E-state index contributed by atoms with van der Waals surface area (Å²) in [5.74, 6) is 0.262. The summed E-state index contributed by atoms with van der Waals surface area (Å²) in [5.41, 5.74) is 5.00. The third-order valence-electron chi connectivity index (χ3n) is 4.00. The highest BCUT2D eigenvalue weighted by atomic mass is 19.1. The third-order valence-corrected chi connectivity index (χ3v) is 4.00. The molecule has 2 aromatic rings. The Morgan fingerprint density at radius 1 is 1.18 bits per heavy atom. The molecule has 2 aromatic carbocycles. The molecule has 0 saturated heterocycles. The first kappa shape index (κ1) is 21.2. The second-order valence-electron chi connectivity index (χ2n) is 6.37. The van der Waals surface area contributed by atoms with Gasteiger partial charge in [0.1, 0.15) is 23.9 Å². The quantitative estimate of drug-likeness (QED) is 0.305. The third kappa shape index (κ3) is 5.96. The van der Waals surface area contributed by atoms with Crippen molar-refractivity contribution in [3.63, 3.8) is 0 Å². The van der Waals surface area contributed by atoms with E-state index in [1.165, 1.54) is 18.2 Å². The standard InChI is InChI=1S/C22H24FNO4/c1-15(2)4-11-19-20(27-3)12-7-17(8-13-21(25)24-26)22(19)28-14-16-5-9-18(23)10-6-16/h4-10,12-13,26H,11,14H2,1-3H3,(H,24,25). The van der Waals surface area contributed by atoms with Crippen LogP contribution in [0.2, 0.25) is 0 Å². The van der Waals surface area contributed by atoms with Gasteiger partial charge in [0.2, 0.25) is 0 Å². The van der Waals surface area contributed by atoms with E-state index in [1.807, 2.05) is 13.8 Å². The number of allylic oxidation sites excluding steroid dienone is 2. The average Bonchev–Trinajstić information content (AvgIpc) is 2.69. The highest BCUT2D eigenvalue weighted by Gasteiger charge is 2.14. The summed E-state index contributed by atoms with van der Waals surface area (Å²) in [6, 6.07) is 9.63. The number of amides is 1. The Kier molecular flexibility index (Phi) is 7.77. The summed E-state index contributed by atoms with van der Waals surface area (Å²) in [7, 11) is 1.58. The highest BCUT2D eigenvalue weighted by molar-refractivity contribution is 5.91. The summed E-state index contributed by atoms with van der Waals surface area (Å²) in [6.07, 6.45) is 5.39. The van der Waals surface area contributed by atoms with Crippen molar-refractivity contribution in [3.05, 3.63) is 76.6 Å². The fourth-order valence-corrected chi connectivity index (χ4v) is 2.56. The molecule has 0 spiro atoms. The molecule has 6 heteroatoms. The van der Waals surface area contributed by atoms with Gasteiger partial charge < -0.3 is 9.47 Å². The molecule has 28 heavy (non-hydrogen) atoms. The molecule has 0 saturated carbocycles. The fourth-order valence-electron chi connectivity index (χ4n) is 2.56. The van der Waals surface area contributed by atoms with Crippen LogP contribution in [0.1, 0.15) is 30.5 Å².